The van der Waals surface area contributed by atoms with Gasteiger partial charge < -0.3 is 14.4 Å². The Balaban J connectivity index is 1.46. The topological polar surface area (TPSA) is 11.4 Å². The number of aromatic nitrogens is 1. The zero-order chi connectivity index (χ0) is 59.3. The first-order valence-corrected chi connectivity index (χ1v) is 18.1. The zero-order valence-electron chi connectivity index (χ0n) is 54.6. The number of para-hydroxylation sites is 3. The minimum absolute atomic E-state index is 0.0820. The lowest BCUT2D eigenvalue weighted by Crippen LogP contribution is -2.20. The van der Waals surface area contributed by atoms with Gasteiger partial charge in [-0.1, -0.05) is 111 Å². The van der Waals surface area contributed by atoms with Crippen molar-refractivity contribution in [3.63, 3.8) is 0 Å². The molecule has 0 amide bonds. The van der Waals surface area contributed by atoms with Crippen LogP contribution in [0, 0.1) is 13.8 Å². The van der Waals surface area contributed by atoms with Gasteiger partial charge in [-0.15, -0.1) is 11.3 Å². The lowest BCUT2D eigenvalue weighted by Gasteiger charge is -2.35. The molecule has 0 atom stereocenters. The molecule has 9 aromatic rings. The molecule has 1 aliphatic heterocycles. The predicted molar refractivity (Wildman–Crippen MR) is 238 cm³/mol. The Bertz CT molecular complexity index is 4350. The van der Waals surface area contributed by atoms with E-state index >= 15 is 0 Å². The molecule has 0 radical (unpaired) electrons. The fraction of sp³-hybridized carbons (Fsp3) is 0.120. The smallest absolute Gasteiger partial charge is 0.0887 e. The summed E-state index contributed by atoms with van der Waals surface area (Å²) in [5.41, 5.74) is -7.51. The summed E-state index contributed by atoms with van der Waals surface area (Å²) in [4.78, 5) is 1.84. The van der Waals surface area contributed by atoms with Gasteiger partial charge in [0.25, 0.3) is 0 Å². The average Bonchev–Trinajstić information content (AvgIpc) is 4.16. The van der Waals surface area contributed by atoms with Gasteiger partial charge in [0, 0.05) is 31.9 Å². The SMILES string of the molecule is [2H]c1sc2c([2H])c([2H])c(-c3c([2H])c([2H])c([2H])c([2H])c3[2H])c([2H])c2c1N(c1c([2H])c([2H])c(C(C)(C)C)c([2H])c1[2H])c1c([2H])c(C)c([2H])c(N2c3c([2H])c([2H])c([2H])c([2H])c3-n3c4c([2H])c([2H])c([2H])c([2H])c4c4c([2H])c(C)c([2H])c2c43)c1Cl. The summed E-state index contributed by atoms with van der Waals surface area (Å²) >= 11 is 8.24. The lowest BCUT2D eigenvalue weighted by molar-refractivity contribution is 0.590. The first-order chi connectivity index (χ1) is 37.1. The highest BCUT2D eigenvalue weighted by Crippen LogP contribution is 2.54. The van der Waals surface area contributed by atoms with Gasteiger partial charge in [0.2, 0.25) is 0 Å². The Morgan fingerprint density at radius 1 is 0.600 bits per heavy atom. The minimum atomic E-state index is -1.06. The fourth-order valence-corrected chi connectivity index (χ4v) is 7.64. The third-order valence-electron chi connectivity index (χ3n) is 9.06. The van der Waals surface area contributed by atoms with Crippen LogP contribution in [0.2, 0.25) is 5.02 Å². The van der Waals surface area contributed by atoms with Crippen LogP contribution in [-0.2, 0) is 5.41 Å². The van der Waals surface area contributed by atoms with Crippen molar-refractivity contribution in [1.29, 1.82) is 0 Å². The molecule has 0 spiro atoms. The van der Waals surface area contributed by atoms with Crippen LogP contribution in [0.25, 0.3) is 48.7 Å². The van der Waals surface area contributed by atoms with Crippen molar-refractivity contribution in [3.05, 3.63) is 172 Å². The van der Waals surface area contributed by atoms with E-state index in [1.807, 2.05) is 0 Å². The van der Waals surface area contributed by atoms with Crippen molar-refractivity contribution in [1.82, 2.24) is 4.57 Å². The van der Waals surface area contributed by atoms with Crippen LogP contribution >= 0.6 is 22.9 Å². The monoisotopic (exact) mass is 774 g/mol. The second kappa shape index (κ2) is 12.6. The molecule has 268 valence electrons. The van der Waals surface area contributed by atoms with Crippen LogP contribution in [0.5, 0.6) is 0 Å². The minimum Gasteiger partial charge on any atom is -0.307 e. The summed E-state index contributed by atoms with van der Waals surface area (Å²) in [5.74, 6) is 0. The molecule has 10 rings (SSSR count). The third-order valence-corrected chi connectivity index (χ3v) is 10.2. The van der Waals surface area contributed by atoms with E-state index in [4.69, 9.17) is 26.7 Å². The van der Waals surface area contributed by atoms with Crippen LogP contribution in [-0.4, -0.2) is 4.57 Å². The Morgan fingerprint density at radius 3 is 2.07 bits per heavy atom. The summed E-state index contributed by atoms with van der Waals surface area (Å²) in [5, 5.41) is -2.33. The summed E-state index contributed by atoms with van der Waals surface area (Å²) in [6.45, 7) is 7.53. The maximum Gasteiger partial charge on any atom is 0.0887 e. The van der Waals surface area contributed by atoms with E-state index in [-0.39, 0.29) is 48.9 Å². The molecule has 1 aliphatic rings. The Kier molecular flexibility index (Phi) is 3.79. The Hall–Kier alpha value is -5.81. The van der Waals surface area contributed by atoms with Crippen molar-refractivity contribution < 1.29 is 34.3 Å². The molecule has 0 aliphatic carbocycles. The highest BCUT2D eigenvalue weighted by Gasteiger charge is 2.32. The second-order valence-electron chi connectivity index (χ2n) is 13.7. The zero-order valence-corrected chi connectivity index (χ0v) is 31.2. The summed E-state index contributed by atoms with van der Waals surface area (Å²) in [6, 6.07) is -17.7. The van der Waals surface area contributed by atoms with Gasteiger partial charge >= 0.3 is 0 Å². The first kappa shape index (κ1) is 16.5. The third kappa shape index (κ3) is 5.38. The summed E-state index contributed by atoms with van der Waals surface area (Å²) < 4.78 is 231. The average molecular weight is 776 g/mol. The van der Waals surface area contributed by atoms with Gasteiger partial charge in [0.15, 0.2) is 0 Å². The number of hydrogen-bond acceptors (Lipinski definition) is 3. The maximum atomic E-state index is 9.92. The quantitative estimate of drug-likeness (QED) is 0.173. The number of fused-ring (bicyclic) bond motifs is 6. The number of rotatable bonds is 5. The van der Waals surface area contributed by atoms with E-state index in [0.717, 1.165) is 14.4 Å². The number of halogens is 1. The molecule has 0 N–H and O–H groups in total. The van der Waals surface area contributed by atoms with E-state index in [0.29, 0.717) is 11.3 Å². The highest BCUT2D eigenvalue weighted by molar-refractivity contribution is 7.17. The number of hydrogen-bond donors (Lipinski definition) is 0. The molecule has 7 aromatic carbocycles. The summed E-state index contributed by atoms with van der Waals surface area (Å²) in [6.07, 6.45) is 0. The predicted octanol–water partition coefficient (Wildman–Crippen LogP) is 15.5. The van der Waals surface area contributed by atoms with Gasteiger partial charge in [-0.3, -0.25) is 0 Å². The highest BCUT2D eigenvalue weighted by atomic mass is 35.5. The normalized spacial score (nSPS) is 18.9. The van der Waals surface area contributed by atoms with Gasteiger partial charge in [-0.2, -0.15) is 0 Å². The van der Waals surface area contributed by atoms with E-state index < -0.39 is 211 Å². The van der Waals surface area contributed by atoms with Crippen molar-refractivity contribution >= 4 is 89.0 Å². The van der Waals surface area contributed by atoms with Crippen LogP contribution in [0.3, 0.4) is 0 Å². The van der Waals surface area contributed by atoms with Gasteiger partial charge in [-0.05, 0) is 114 Å². The van der Waals surface area contributed by atoms with E-state index in [9.17, 15) is 19.2 Å². The first-order valence-electron chi connectivity index (χ1n) is 29.4. The molecule has 0 saturated carbocycles. The molecular formula is C50H40ClN3S. The maximum absolute atomic E-state index is 9.92. The molecule has 0 saturated heterocycles. The molecule has 2 aromatic heterocycles. The molecular weight excluding hydrogens is 710 g/mol. The summed E-state index contributed by atoms with van der Waals surface area (Å²) in [7, 11) is 0. The molecule has 0 unspecified atom stereocenters. The Morgan fingerprint density at radius 2 is 1.29 bits per heavy atom. The lowest BCUT2D eigenvalue weighted by atomic mass is 9.87. The van der Waals surface area contributed by atoms with Crippen LogP contribution in [0.4, 0.5) is 34.1 Å². The van der Waals surface area contributed by atoms with E-state index in [2.05, 4.69) is 0 Å². The standard InChI is InChI=1S/C50H40ClN3S/c1-31-25-38-37-15-9-10-16-40(37)54-42-18-12-11-17-41(42)53(45(28-31)49(38)54)44-27-32(2)26-43(48(44)51)52(36-22-20-35(21-23-36)50(3,4)5)46-30-55-47-24-19-34(29-39(46)47)33-13-7-6-8-14-33/h6-30H,1-5H3/i6D,7D,8D,9D,10D,11D,12D,13D,14D,15D,16D,17D,18D,19D,20D,21D,22D,23D,24D,25D,26D,27D,28D,29D,30D. The molecule has 3 heterocycles. The number of thiophene rings is 1. The second-order valence-corrected chi connectivity index (χ2v) is 14.9. The largest absolute Gasteiger partial charge is 0.307 e. The molecule has 3 nitrogen and oxygen atoms in total. The van der Waals surface area contributed by atoms with E-state index in [1.54, 1.807) is 20.8 Å². The fourth-order valence-electron chi connectivity index (χ4n) is 6.63. The number of nitrogens with zero attached hydrogens (tertiary/aromatic N) is 3. The van der Waals surface area contributed by atoms with Gasteiger partial charge in [0.1, 0.15) is 0 Å². The van der Waals surface area contributed by atoms with Crippen molar-refractivity contribution in [2.75, 3.05) is 9.80 Å². The molecule has 0 fully saturated rings. The van der Waals surface area contributed by atoms with Crippen molar-refractivity contribution in [3.8, 4) is 16.8 Å². The van der Waals surface area contributed by atoms with Crippen LogP contribution in [0.15, 0.2) is 150 Å². The van der Waals surface area contributed by atoms with Gasteiger partial charge in [-0.25, -0.2) is 0 Å². The Labute approximate surface area is 366 Å². The van der Waals surface area contributed by atoms with Crippen molar-refractivity contribution in [2.45, 2.75) is 40.0 Å². The van der Waals surface area contributed by atoms with Crippen molar-refractivity contribution in [2.24, 2.45) is 0 Å². The van der Waals surface area contributed by atoms with E-state index in [1.165, 1.54) is 13.8 Å². The van der Waals surface area contributed by atoms with Crippen LogP contribution < -0.4 is 9.80 Å². The number of benzene rings is 7. The molecule has 0 bridgehead atoms. The van der Waals surface area contributed by atoms with Crippen LogP contribution in [0.1, 0.15) is 71.7 Å². The number of anilines is 6. The molecule has 55 heavy (non-hydrogen) atoms. The molecule has 5 heteroatoms. The van der Waals surface area contributed by atoms with Gasteiger partial charge in [0.05, 0.1) is 84.4 Å².